The molecule has 0 radical (unpaired) electrons. The molecule has 0 spiro atoms. The van der Waals surface area contributed by atoms with E-state index in [1.54, 1.807) is 36.4 Å². The summed E-state index contributed by atoms with van der Waals surface area (Å²) < 4.78 is 34.2. The number of imide groups is 2. The van der Waals surface area contributed by atoms with E-state index in [1.165, 1.54) is 12.1 Å². The number of rotatable bonds is 7. The summed E-state index contributed by atoms with van der Waals surface area (Å²) in [6.07, 6.45) is -3.24. The van der Waals surface area contributed by atoms with E-state index in [4.69, 9.17) is 32.7 Å². The Hall–Kier alpha value is -1.72. The molecule has 2 aromatic carbocycles. The predicted molar refractivity (Wildman–Crippen MR) is 136 cm³/mol. The van der Waals surface area contributed by atoms with Crippen LogP contribution in [0.1, 0.15) is 41.4 Å². The van der Waals surface area contributed by atoms with Gasteiger partial charge in [0.25, 0.3) is 11.8 Å². The summed E-state index contributed by atoms with van der Waals surface area (Å²) in [5.41, 5.74) is 6.23. The third kappa shape index (κ3) is 11.6. The molecule has 0 bridgehead atoms. The first kappa shape index (κ1) is 38.3. The van der Waals surface area contributed by atoms with Crippen LogP contribution in [0, 0.1) is 0 Å². The minimum atomic E-state index is -1.32. The molecule has 0 saturated carbocycles. The van der Waals surface area contributed by atoms with Crippen molar-refractivity contribution in [2.24, 2.45) is 5.73 Å². The quantitative estimate of drug-likeness (QED) is 0.171. The zero-order valence-corrected chi connectivity index (χ0v) is 25.4. The molecule has 2 aliphatic heterocycles. The number of amides is 4. The topological polar surface area (TPSA) is 172 Å². The second-order valence-corrected chi connectivity index (χ2v) is 8.16. The van der Waals surface area contributed by atoms with Crippen LogP contribution < -0.4 is 57.1 Å². The minimum absolute atomic E-state index is 0. The number of carbonyl (C=O) groups excluding carboxylic acids is 4. The second kappa shape index (κ2) is 20.2. The van der Waals surface area contributed by atoms with Crippen LogP contribution in [0.15, 0.2) is 48.5 Å². The molecule has 2 aromatic rings. The van der Waals surface area contributed by atoms with E-state index in [0.29, 0.717) is 22.3 Å². The molecule has 5 N–H and O–H groups in total. The Bertz CT molecular complexity index is 1050. The Balaban J connectivity index is 0.000000552. The number of β-amino-alcohol motifs (C(OH)–C–C–N with tert-alkyl or cyclic N) is 1. The van der Waals surface area contributed by atoms with Crippen molar-refractivity contribution in [1.82, 2.24) is 4.90 Å². The fourth-order valence-electron chi connectivity index (χ4n) is 2.84. The number of benzene rings is 2. The van der Waals surface area contributed by atoms with Gasteiger partial charge >= 0.3 is 51.4 Å². The first-order chi connectivity index (χ1) is 18.6. The normalized spacial score (nSPS) is 14.9. The van der Waals surface area contributed by atoms with Crippen molar-refractivity contribution >= 4 is 35.2 Å². The molecule has 10 nitrogen and oxygen atoms in total. The summed E-state index contributed by atoms with van der Waals surface area (Å²) in [4.78, 5) is 46.1. The molecule has 40 heavy (non-hydrogen) atoms. The molecule has 0 aromatic heterocycles. The predicted octanol–water partition coefficient (Wildman–Crippen LogP) is -1.20. The van der Waals surface area contributed by atoms with Gasteiger partial charge in [-0.2, -0.15) is 0 Å². The first-order valence-corrected chi connectivity index (χ1v) is 11.9. The van der Waals surface area contributed by atoms with Crippen molar-refractivity contribution < 1.29 is 99.1 Å². The van der Waals surface area contributed by atoms with E-state index < -0.39 is 62.0 Å². The van der Waals surface area contributed by atoms with E-state index in [9.17, 15) is 32.3 Å². The molecule has 0 aliphatic carbocycles. The average Bonchev–Trinajstić information content (AvgIpc) is 3.40. The van der Waals surface area contributed by atoms with Crippen LogP contribution in [0.5, 0.6) is 0 Å². The van der Waals surface area contributed by atoms with Gasteiger partial charge in [-0.25, -0.2) is 13.2 Å². The maximum Gasteiger partial charge on any atom is 1.00 e. The van der Waals surface area contributed by atoms with Gasteiger partial charge in [-0.3, -0.25) is 14.5 Å². The third-order valence-electron chi connectivity index (χ3n) is 4.85. The monoisotopic (exact) mass is 613 g/mol. The molecule has 15 heteroatoms. The van der Waals surface area contributed by atoms with Gasteiger partial charge in [0, 0.05) is 17.7 Å². The maximum atomic E-state index is 12.1. The van der Waals surface area contributed by atoms with Crippen LogP contribution in [0.2, 0.25) is 0 Å². The zero-order valence-electron chi connectivity index (χ0n) is 21.6. The van der Waals surface area contributed by atoms with E-state index in [-0.39, 0.29) is 70.4 Å². The molecule has 3 unspecified atom stereocenters. The number of nitrogens with zero attached hydrogens (tertiary/aromatic N) is 2. The third-order valence-corrected chi connectivity index (χ3v) is 5.20. The van der Waals surface area contributed by atoms with Gasteiger partial charge in [0.15, 0.2) is 0 Å². The number of halogens is 4. The summed E-state index contributed by atoms with van der Waals surface area (Å²) in [5, 5.41) is 28.7. The number of aliphatic hydroxyl groups excluding tert-OH is 3. The number of hydrogen-bond acceptors (Lipinski definition) is 8. The Labute approximate surface area is 276 Å². The number of carbonyl (C=O) groups is 4. The molecule has 0 fully saturated rings. The molecule has 2 heterocycles. The molecular formula is C25H28ClF3KN3O7. The van der Waals surface area contributed by atoms with Crippen LogP contribution in [0.4, 0.5) is 13.2 Å². The first-order valence-electron chi connectivity index (χ1n) is 11.4. The van der Waals surface area contributed by atoms with Crippen molar-refractivity contribution in [3.8, 4) is 0 Å². The fraction of sp³-hybridized carbons (Fsp3) is 0.360. The van der Waals surface area contributed by atoms with Crippen LogP contribution in [0.25, 0.3) is 5.32 Å². The van der Waals surface area contributed by atoms with Crippen LogP contribution >= 0.6 is 11.6 Å². The largest absolute Gasteiger partial charge is 1.00 e. The molecule has 4 rings (SSSR count). The van der Waals surface area contributed by atoms with Crippen LogP contribution in [-0.2, 0) is 0 Å². The molecule has 214 valence electrons. The van der Waals surface area contributed by atoms with Crippen molar-refractivity contribution in [2.45, 2.75) is 18.3 Å². The van der Waals surface area contributed by atoms with Crippen LogP contribution in [0.3, 0.4) is 0 Å². The van der Waals surface area contributed by atoms with Crippen molar-refractivity contribution in [3.05, 3.63) is 76.1 Å². The number of alkyl halides is 4. The molecular weight excluding hydrogens is 586 g/mol. The van der Waals surface area contributed by atoms with Crippen molar-refractivity contribution in [3.63, 3.8) is 0 Å². The zero-order chi connectivity index (χ0) is 29.5. The van der Waals surface area contributed by atoms with E-state index in [2.05, 4.69) is 5.32 Å². The standard InChI is InChI=1S/C11H10FNO3.C8H5NO2.C3H6ClFO.C3H8FNO.K/c12-5-7(14)6-13-10(15)8-3-1-2-4-9(8)11(13)16;10-7-5-3-1-2-4-6(5)8(11)9-7;2*4-1-3(6)2-5;/h1-4,7,14H,5-6H2;1-4H,(H,9,10,11);3,6H,1-2H2;3,6H,1-2,5H2;/q;;;;+1/p-1. The minimum Gasteiger partial charge on any atom is -0.587 e. The Morgan fingerprint density at radius 2 is 1.10 bits per heavy atom. The number of hydrogen-bond donors (Lipinski definition) is 4. The Morgan fingerprint density at radius 1 is 0.725 bits per heavy atom. The van der Waals surface area contributed by atoms with E-state index in [1.807, 2.05) is 0 Å². The number of fused-ring (bicyclic) bond motifs is 2. The Morgan fingerprint density at radius 3 is 1.38 bits per heavy atom. The van der Waals surface area contributed by atoms with Gasteiger partial charge in [-0.15, -0.1) is 11.6 Å². The maximum absolute atomic E-state index is 12.1. The Kier molecular flexibility index (Phi) is 19.3. The van der Waals surface area contributed by atoms with E-state index >= 15 is 0 Å². The second-order valence-electron chi connectivity index (χ2n) is 7.85. The van der Waals surface area contributed by atoms with Gasteiger partial charge in [-0.05, 0) is 12.1 Å². The fourth-order valence-corrected chi connectivity index (χ4v) is 2.92. The average molecular weight is 614 g/mol. The molecule has 2 aliphatic rings. The number of nitrogens with two attached hydrogens (primary N) is 1. The summed E-state index contributed by atoms with van der Waals surface area (Å²) in [6.45, 7) is -2.76. The van der Waals surface area contributed by atoms with E-state index in [0.717, 1.165) is 4.90 Å². The molecule has 4 amide bonds. The summed E-state index contributed by atoms with van der Waals surface area (Å²) in [6, 6.07) is 13.0. The van der Waals surface area contributed by atoms with Gasteiger partial charge < -0.3 is 36.0 Å². The van der Waals surface area contributed by atoms with Crippen molar-refractivity contribution in [1.29, 1.82) is 0 Å². The number of aliphatic hydroxyl groups is 3. The molecule has 0 saturated heterocycles. The van der Waals surface area contributed by atoms with Gasteiger partial charge in [0.2, 0.25) is 0 Å². The summed E-state index contributed by atoms with van der Waals surface area (Å²) in [5.74, 6) is -1.83. The van der Waals surface area contributed by atoms with Crippen LogP contribution in [-0.4, -0.2) is 101 Å². The van der Waals surface area contributed by atoms with Gasteiger partial charge in [-0.1, -0.05) is 36.4 Å². The molecule has 3 atom stereocenters. The summed E-state index contributed by atoms with van der Waals surface area (Å²) in [7, 11) is 0. The van der Waals surface area contributed by atoms with Crippen molar-refractivity contribution in [2.75, 3.05) is 39.0 Å². The smallest absolute Gasteiger partial charge is 0.587 e. The van der Waals surface area contributed by atoms with Gasteiger partial charge in [0.1, 0.15) is 26.1 Å². The van der Waals surface area contributed by atoms with Gasteiger partial charge in [0.05, 0.1) is 47.6 Å². The SMILES string of the molecule is NCC(O)CF.O=C1[N-]C(=O)c2ccccc21.O=C1c2ccccc2C(=O)N1CC(O)CF.OC(CF)CCl.[K+]. The summed E-state index contributed by atoms with van der Waals surface area (Å²) >= 11 is 4.96.